The summed E-state index contributed by atoms with van der Waals surface area (Å²) in [4.78, 5) is 40.0. The van der Waals surface area contributed by atoms with Crippen molar-refractivity contribution in [2.24, 2.45) is 10.8 Å². The molecule has 0 aliphatic carbocycles. The second-order valence-corrected chi connectivity index (χ2v) is 8.26. The Morgan fingerprint density at radius 1 is 1.06 bits per heavy atom. The van der Waals surface area contributed by atoms with Crippen molar-refractivity contribution in [3.05, 3.63) is 65.5 Å². The van der Waals surface area contributed by atoms with Crippen molar-refractivity contribution in [1.82, 2.24) is 24.9 Å². The number of rotatable bonds is 4. The van der Waals surface area contributed by atoms with Crippen LogP contribution in [0, 0.1) is 11.6 Å². The van der Waals surface area contributed by atoms with E-state index >= 15 is 0 Å². The summed E-state index contributed by atoms with van der Waals surface area (Å²) in [6, 6.07) is 5.71. The molecule has 2 aromatic heterocycles. The molecular weight excluding hydrogens is 458 g/mol. The van der Waals surface area contributed by atoms with Crippen LogP contribution in [-0.4, -0.2) is 69.2 Å². The first kappa shape index (κ1) is 22.4. The van der Waals surface area contributed by atoms with Crippen molar-refractivity contribution in [2.45, 2.75) is 12.5 Å². The molecule has 0 bridgehead atoms. The van der Waals surface area contributed by atoms with E-state index in [2.05, 4.69) is 20.1 Å². The van der Waals surface area contributed by atoms with E-state index in [4.69, 9.17) is 5.73 Å². The lowest BCUT2D eigenvalue weighted by Gasteiger charge is -2.37. The van der Waals surface area contributed by atoms with Crippen molar-refractivity contribution in [2.75, 3.05) is 31.1 Å². The number of aromatic nitrogens is 3. The number of hydrogen-bond donors (Lipinski definition) is 2. The summed E-state index contributed by atoms with van der Waals surface area (Å²) in [6.45, 7) is 1.78. The average molecular weight is 480 g/mol. The number of halogens is 2. The Kier molecular flexibility index (Phi) is 5.85. The zero-order chi connectivity index (χ0) is 24.5. The van der Waals surface area contributed by atoms with Gasteiger partial charge in [-0.1, -0.05) is 0 Å². The van der Waals surface area contributed by atoms with Crippen LogP contribution in [-0.2, 0) is 0 Å². The van der Waals surface area contributed by atoms with Gasteiger partial charge in [0.25, 0.3) is 0 Å². The lowest BCUT2D eigenvalue weighted by atomic mass is 10.0. The maximum absolute atomic E-state index is 13.7. The molecule has 5 rings (SSSR count). The number of aromatic amines is 1. The minimum absolute atomic E-state index is 0.326. The Labute approximate surface area is 199 Å². The molecule has 4 heterocycles. The van der Waals surface area contributed by atoms with Gasteiger partial charge in [0.1, 0.15) is 11.6 Å². The number of carbonyl (C=O) groups excluding carboxylic acids is 2. The van der Waals surface area contributed by atoms with Gasteiger partial charge in [0.15, 0.2) is 0 Å². The predicted molar refractivity (Wildman–Crippen MR) is 124 cm³/mol. The van der Waals surface area contributed by atoms with Crippen LogP contribution in [0.25, 0.3) is 11.4 Å². The molecule has 2 aliphatic rings. The number of carbonyl (C=O) groups is 2. The summed E-state index contributed by atoms with van der Waals surface area (Å²) in [7, 11) is 0. The van der Waals surface area contributed by atoms with Crippen LogP contribution in [0.2, 0.25) is 0 Å². The van der Waals surface area contributed by atoms with E-state index in [0.29, 0.717) is 61.1 Å². The molecule has 1 atom stereocenters. The highest BCUT2D eigenvalue weighted by atomic mass is 19.1. The number of hydrogen-bond acceptors (Lipinski definition) is 6. The second-order valence-electron chi connectivity index (χ2n) is 8.26. The number of benzene rings is 1. The summed E-state index contributed by atoms with van der Waals surface area (Å²) < 4.78 is 27.4. The molecule has 2 aliphatic heterocycles. The molecule has 0 spiro atoms. The predicted octanol–water partition coefficient (Wildman–Crippen LogP) is 2.52. The van der Waals surface area contributed by atoms with E-state index in [1.807, 2.05) is 4.90 Å². The summed E-state index contributed by atoms with van der Waals surface area (Å²) in [5, 5.41) is 5.44. The summed E-state index contributed by atoms with van der Waals surface area (Å²) in [5.41, 5.74) is 7.28. The lowest BCUT2D eigenvalue weighted by Crippen LogP contribution is -2.52. The van der Waals surface area contributed by atoms with E-state index in [0.717, 1.165) is 6.07 Å². The van der Waals surface area contributed by atoms with E-state index < -0.39 is 23.6 Å². The topological polar surface area (TPSA) is 124 Å². The molecular formula is C23H22F2N8O2. The zero-order valence-electron chi connectivity index (χ0n) is 18.6. The Morgan fingerprint density at radius 3 is 2.49 bits per heavy atom. The van der Waals surface area contributed by atoms with Gasteiger partial charge in [-0.05, 0) is 29.8 Å². The molecule has 0 radical (unpaired) electrons. The van der Waals surface area contributed by atoms with Crippen molar-refractivity contribution < 1.29 is 18.4 Å². The molecule has 1 aromatic carbocycles. The number of hydrazone groups is 1. The highest BCUT2D eigenvalue weighted by Gasteiger charge is 2.33. The number of nitrogens with one attached hydrogen (secondary N) is 1. The van der Waals surface area contributed by atoms with Crippen LogP contribution in [0.3, 0.4) is 0 Å². The first-order valence-electron chi connectivity index (χ1n) is 11.0. The number of primary amides is 1. The molecule has 0 unspecified atom stereocenters. The number of anilines is 1. The fourth-order valence-corrected chi connectivity index (χ4v) is 4.22. The van der Waals surface area contributed by atoms with Gasteiger partial charge in [0.2, 0.25) is 11.9 Å². The number of nitrogens with zero attached hydrogens (tertiary/aromatic N) is 6. The maximum atomic E-state index is 13.7. The number of piperazine rings is 1. The number of urea groups is 1. The maximum Gasteiger partial charge on any atom is 0.341 e. The Balaban J connectivity index is 1.25. The number of amides is 3. The third-order valence-electron chi connectivity index (χ3n) is 6.01. The molecule has 3 N–H and O–H groups in total. The molecule has 12 heteroatoms. The molecule has 35 heavy (non-hydrogen) atoms. The highest BCUT2D eigenvalue weighted by molar-refractivity contribution is 5.93. The van der Waals surface area contributed by atoms with Crippen molar-refractivity contribution >= 4 is 24.1 Å². The van der Waals surface area contributed by atoms with Gasteiger partial charge in [-0.25, -0.2) is 28.6 Å². The fraction of sp³-hybridized carbons (Fsp3) is 0.261. The summed E-state index contributed by atoms with van der Waals surface area (Å²) in [6.07, 6.45) is 5.11. The average Bonchev–Trinajstić information content (AvgIpc) is 3.54. The van der Waals surface area contributed by atoms with Gasteiger partial charge in [0, 0.05) is 57.3 Å². The molecule has 1 saturated heterocycles. The van der Waals surface area contributed by atoms with E-state index in [1.165, 1.54) is 23.3 Å². The summed E-state index contributed by atoms with van der Waals surface area (Å²) >= 11 is 0. The Bertz CT molecular complexity index is 1280. The van der Waals surface area contributed by atoms with Crippen LogP contribution in [0.5, 0.6) is 0 Å². The van der Waals surface area contributed by atoms with Crippen LogP contribution in [0.15, 0.2) is 47.8 Å². The Morgan fingerprint density at radius 2 is 1.80 bits per heavy atom. The minimum atomic E-state index is -0.694. The van der Waals surface area contributed by atoms with Crippen molar-refractivity contribution in [3.8, 4) is 11.4 Å². The molecule has 10 nitrogen and oxygen atoms in total. The van der Waals surface area contributed by atoms with Gasteiger partial charge in [-0.15, -0.1) is 0 Å². The first-order chi connectivity index (χ1) is 16.9. The van der Waals surface area contributed by atoms with Crippen molar-refractivity contribution in [1.29, 1.82) is 0 Å². The first-order valence-corrected chi connectivity index (χ1v) is 11.0. The quantitative estimate of drug-likeness (QED) is 0.594. The molecule has 1 fully saturated rings. The van der Waals surface area contributed by atoms with E-state index in [-0.39, 0.29) is 6.03 Å². The van der Waals surface area contributed by atoms with Gasteiger partial charge in [-0.2, -0.15) is 5.10 Å². The van der Waals surface area contributed by atoms with Crippen LogP contribution in [0.4, 0.5) is 19.5 Å². The molecule has 3 aromatic rings. The minimum Gasteiger partial charge on any atom is -0.366 e. The van der Waals surface area contributed by atoms with Gasteiger partial charge in [-0.3, -0.25) is 4.79 Å². The third-order valence-corrected chi connectivity index (χ3v) is 6.01. The third kappa shape index (κ3) is 4.54. The second kappa shape index (κ2) is 9.12. The number of H-pyrrole nitrogens is 1. The largest absolute Gasteiger partial charge is 0.366 e. The van der Waals surface area contributed by atoms with Gasteiger partial charge in [0.05, 0.1) is 23.0 Å². The van der Waals surface area contributed by atoms with Crippen LogP contribution >= 0.6 is 0 Å². The molecule has 3 amide bonds. The Hall–Kier alpha value is -4.35. The lowest BCUT2D eigenvalue weighted by molar-refractivity contribution is 0.100. The highest BCUT2D eigenvalue weighted by Crippen LogP contribution is 2.30. The standard InChI is InChI=1S/C23H22F2N8O2/c24-16-9-14(10-17(25)12-16)20-2-4-29-33(20)23(35)32-7-5-31(6-8-32)22-27-3-1-18(30-22)19-11-15(13-28-19)21(26)34/h1,3-4,9-13,20,28H,2,5-8H2,(H2,26,34)/t20-/m0/s1. The summed E-state index contributed by atoms with van der Waals surface area (Å²) in [5.74, 6) is -1.42. The molecule has 0 saturated carbocycles. The zero-order valence-corrected chi connectivity index (χ0v) is 18.6. The normalized spacial score (nSPS) is 17.8. The molecule has 180 valence electrons. The van der Waals surface area contributed by atoms with E-state index in [1.54, 1.807) is 29.4 Å². The fourth-order valence-electron chi connectivity index (χ4n) is 4.22. The SMILES string of the molecule is NC(=O)c1c[nH]c(-c2ccnc(N3CCN(C(=O)N4N=CC[C@H]4c4cc(F)cc(F)c4)CC3)n2)c1. The number of nitrogens with two attached hydrogens (primary N) is 1. The smallest absolute Gasteiger partial charge is 0.341 e. The van der Waals surface area contributed by atoms with Gasteiger partial charge >= 0.3 is 6.03 Å². The van der Waals surface area contributed by atoms with Crippen molar-refractivity contribution in [3.63, 3.8) is 0 Å². The van der Waals surface area contributed by atoms with E-state index in [9.17, 15) is 18.4 Å². The van der Waals surface area contributed by atoms with Gasteiger partial charge < -0.3 is 20.5 Å². The van der Waals surface area contributed by atoms with Crippen LogP contribution < -0.4 is 10.6 Å². The van der Waals surface area contributed by atoms with Crippen LogP contribution in [0.1, 0.15) is 28.4 Å². The monoisotopic (exact) mass is 480 g/mol.